The molecular weight excluding hydrogens is 254 g/mol. The molecule has 1 fully saturated rings. The summed E-state index contributed by atoms with van der Waals surface area (Å²) in [6.45, 7) is 4.26. The summed E-state index contributed by atoms with van der Waals surface area (Å²) in [4.78, 5) is 25.1. The zero-order valence-electron chi connectivity index (χ0n) is 12.6. The summed E-state index contributed by atoms with van der Waals surface area (Å²) in [5.41, 5.74) is -0.446. The highest BCUT2D eigenvalue weighted by molar-refractivity contribution is 5.75. The van der Waals surface area contributed by atoms with E-state index in [4.69, 9.17) is 11.2 Å². The average Bonchev–Trinajstić information content (AvgIpc) is 2.44. The topological polar surface area (TPSA) is 46.6 Å². The molecule has 1 rings (SSSR count). The van der Waals surface area contributed by atoms with Crippen LogP contribution >= 0.6 is 0 Å². The number of amides is 1. The van der Waals surface area contributed by atoms with Gasteiger partial charge in [0.25, 0.3) is 0 Å². The number of rotatable bonds is 6. The molecule has 112 valence electrons. The van der Waals surface area contributed by atoms with Crippen LogP contribution in [0.5, 0.6) is 0 Å². The van der Waals surface area contributed by atoms with Crippen molar-refractivity contribution in [1.29, 1.82) is 0 Å². The molecule has 4 heteroatoms. The first-order valence-electron chi connectivity index (χ1n) is 7.47. The monoisotopic (exact) mass is 279 g/mol. The Hall–Kier alpha value is -1.50. The molecule has 4 nitrogen and oxygen atoms in total. The quantitative estimate of drug-likeness (QED) is 0.554. The Morgan fingerprint density at radius 2 is 1.95 bits per heavy atom. The summed E-state index contributed by atoms with van der Waals surface area (Å²) < 4.78 is 4.90. The van der Waals surface area contributed by atoms with Gasteiger partial charge in [-0.25, -0.2) is 0 Å². The molecule has 1 aliphatic carbocycles. The van der Waals surface area contributed by atoms with Crippen molar-refractivity contribution < 1.29 is 14.3 Å². The lowest BCUT2D eigenvalue weighted by molar-refractivity contribution is -0.144. The molecule has 0 atom stereocenters. The van der Waals surface area contributed by atoms with Crippen molar-refractivity contribution in [3.8, 4) is 12.3 Å². The van der Waals surface area contributed by atoms with Crippen molar-refractivity contribution in [2.45, 2.75) is 64.3 Å². The minimum atomic E-state index is -0.446. The van der Waals surface area contributed by atoms with Gasteiger partial charge in [-0.3, -0.25) is 9.59 Å². The van der Waals surface area contributed by atoms with Gasteiger partial charge in [0, 0.05) is 19.9 Å². The molecule has 0 aromatic rings. The van der Waals surface area contributed by atoms with E-state index in [0.29, 0.717) is 26.0 Å². The zero-order valence-corrected chi connectivity index (χ0v) is 12.6. The summed E-state index contributed by atoms with van der Waals surface area (Å²) in [5.74, 6) is 2.63. The number of esters is 1. The predicted octanol–water partition coefficient (Wildman–Crippen LogP) is 2.51. The molecule has 20 heavy (non-hydrogen) atoms. The number of carbonyl (C=O) groups excluding carboxylic acids is 2. The third-order valence-corrected chi connectivity index (χ3v) is 3.91. The summed E-state index contributed by atoms with van der Waals surface area (Å²) in [6, 6.07) is 0. The molecular formula is C16H25NO3. The molecule has 0 saturated heterocycles. The van der Waals surface area contributed by atoms with E-state index in [9.17, 15) is 9.59 Å². The molecule has 0 aromatic heterocycles. The lowest BCUT2D eigenvalue weighted by atomic mass is 9.80. The minimum Gasteiger partial charge on any atom is -0.466 e. The molecule has 0 aliphatic heterocycles. The maximum absolute atomic E-state index is 11.9. The Morgan fingerprint density at radius 3 is 2.45 bits per heavy atom. The number of ether oxygens (including phenoxy) is 1. The Bertz CT molecular complexity index is 378. The van der Waals surface area contributed by atoms with Gasteiger partial charge in [0.15, 0.2) is 0 Å². The van der Waals surface area contributed by atoms with Crippen LogP contribution in [-0.4, -0.2) is 35.5 Å². The van der Waals surface area contributed by atoms with Crippen LogP contribution in [0.25, 0.3) is 0 Å². The van der Waals surface area contributed by atoms with E-state index in [1.807, 2.05) is 0 Å². The van der Waals surface area contributed by atoms with Crippen molar-refractivity contribution in [2.75, 3.05) is 13.2 Å². The summed E-state index contributed by atoms with van der Waals surface area (Å²) >= 11 is 0. The Balaban J connectivity index is 2.62. The van der Waals surface area contributed by atoms with E-state index in [2.05, 4.69) is 5.92 Å². The fourth-order valence-corrected chi connectivity index (χ4v) is 2.92. The molecule has 0 aromatic carbocycles. The molecule has 1 amide bonds. The highest BCUT2D eigenvalue weighted by Gasteiger charge is 2.37. The third kappa shape index (κ3) is 4.26. The number of nitrogens with zero attached hydrogens (tertiary/aromatic N) is 1. The van der Waals surface area contributed by atoms with Crippen LogP contribution in [0, 0.1) is 12.3 Å². The summed E-state index contributed by atoms with van der Waals surface area (Å²) in [7, 11) is 0. The van der Waals surface area contributed by atoms with Crippen molar-refractivity contribution in [3.63, 3.8) is 0 Å². The minimum absolute atomic E-state index is 0.00583. The van der Waals surface area contributed by atoms with Gasteiger partial charge < -0.3 is 9.64 Å². The van der Waals surface area contributed by atoms with E-state index in [-0.39, 0.29) is 11.9 Å². The van der Waals surface area contributed by atoms with Crippen molar-refractivity contribution in [2.24, 2.45) is 0 Å². The molecule has 0 bridgehead atoms. The average molecular weight is 279 g/mol. The standard InChI is InChI=1S/C16H25NO3/c1-4-16(11-7-6-8-12-16)17(14(3)18)13-9-10-15(19)20-5-2/h1H,5-13H2,2-3H3. The second-order valence-electron chi connectivity index (χ2n) is 5.32. The molecule has 1 saturated carbocycles. The van der Waals surface area contributed by atoms with Crippen LogP contribution in [0.15, 0.2) is 0 Å². The number of hydrogen-bond acceptors (Lipinski definition) is 3. The smallest absolute Gasteiger partial charge is 0.305 e. The van der Waals surface area contributed by atoms with Crippen LogP contribution < -0.4 is 0 Å². The van der Waals surface area contributed by atoms with E-state index >= 15 is 0 Å². The summed E-state index contributed by atoms with van der Waals surface area (Å²) in [6.07, 6.45) is 11.7. The summed E-state index contributed by atoms with van der Waals surface area (Å²) in [5, 5.41) is 0. The van der Waals surface area contributed by atoms with Crippen LogP contribution in [0.1, 0.15) is 58.8 Å². The van der Waals surface area contributed by atoms with Crippen LogP contribution in [0.2, 0.25) is 0 Å². The maximum Gasteiger partial charge on any atom is 0.305 e. The maximum atomic E-state index is 11.9. The fraction of sp³-hybridized carbons (Fsp3) is 0.750. The van der Waals surface area contributed by atoms with Gasteiger partial charge in [0.1, 0.15) is 5.54 Å². The molecule has 0 N–H and O–H groups in total. The van der Waals surface area contributed by atoms with Gasteiger partial charge in [-0.1, -0.05) is 25.2 Å². The van der Waals surface area contributed by atoms with Gasteiger partial charge in [-0.05, 0) is 26.2 Å². The lowest BCUT2D eigenvalue weighted by Gasteiger charge is -2.42. The first kappa shape index (κ1) is 16.6. The zero-order chi connectivity index (χ0) is 15.0. The van der Waals surface area contributed by atoms with Gasteiger partial charge >= 0.3 is 5.97 Å². The van der Waals surface area contributed by atoms with Crippen molar-refractivity contribution >= 4 is 11.9 Å². The van der Waals surface area contributed by atoms with Gasteiger partial charge in [0.2, 0.25) is 5.91 Å². The Labute approximate surface area is 121 Å². The highest BCUT2D eigenvalue weighted by Crippen LogP contribution is 2.33. The van der Waals surface area contributed by atoms with Gasteiger partial charge in [0.05, 0.1) is 6.61 Å². The van der Waals surface area contributed by atoms with E-state index in [1.54, 1.807) is 18.7 Å². The molecule has 0 unspecified atom stereocenters. The fourth-order valence-electron chi connectivity index (χ4n) is 2.92. The Kier molecular flexibility index (Phi) is 6.57. The normalized spacial score (nSPS) is 17.1. The van der Waals surface area contributed by atoms with E-state index < -0.39 is 5.54 Å². The van der Waals surface area contributed by atoms with Gasteiger partial charge in [-0.15, -0.1) is 6.42 Å². The van der Waals surface area contributed by atoms with Crippen molar-refractivity contribution in [1.82, 2.24) is 4.90 Å². The van der Waals surface area contributed by atoms with E-state index in [1.165, 1.54) is 6.42 Å². The molecule has 0 heterocycles. The Morgan fingerprint density at radius 1 is 1.30 bits per heavy atom. The largest absolute Gasteiger partial charge is 0.466 e. The number of terminal acetylenes is 1. The molecule has 1 aliphatic rings. The van der Waals surface area contributed by atoms with E-state index in [0.717, 1.165) is 25.7 Å². The van der Waals surface area contributed by atoms with Crippen LogP contribution in [-0.2, 0) is 14.3 Å². The van der Waals surface area contributed by atoms with Gasteiger partial charge in [-0.2, -0.15) is 0 Å². The number of hydrogen-bond donors (Lipinski definition) is 0. The lowest BCUT2D eigenvalue weighted by Crippen LogP contribution is -2.51. The highest BCUT2D eigenvalue weighted by atomic mass is 16.5. The molecule has 0 spiro atoms. The second-order valence-corrected chi connectivity index (χ2v) is 5.32. The number of carbonyl (C=O) groups is 2. The predicted molar refractivity (Wildman–Crippen MR) is 77.9 cm³/mol. The van der Waals surface area contributed by atoms with Crippen LogP contribution in [0.4, 0.5) is 0 Å². The third-order valence-electron chi connectivity index (χ3n) is 3.91. The second kappa shape index (κ2) is 7.94. The molecule has 0 radical (unpaired) electrons. The first-order valence-corrected chi connectivity index (χ1v) is 7.47. The van der Waals surface area contributed by atoms with Crippen molar-refractivity contribution in [3.05, 3.63) is 0 Å². The SMILES string of the molecule is C#CC1(N(CCCC(=O)OCC)C(C)=O)CCCCC1. The first-order chi connectivity index (χ1) is 9.55. The van der Waals surface area contributed by atoms with Crippen LogP contribution in [0.3, 0.4) is 0 Å².